The van der Waals surface area contributed by atoms with E-state index in [1.54, 1.807) is 0 Å². The predicted octanol–water partition coefficient (Wildman–Crippen LogP) is 3.93. The number of carbonyl (C=O) groups is 1. The summed E-state index contributed by atoms with van der Waals surface area (Å²) < 4.78 is 0. The summed E-state index contributed by atoms with van der Waals surface area (Å²) in [6.07, 6.45) is 23.0. The van der Waals surface area contributed by atoms with Gasteiger partial charge in [-0.3, -0.25) is 9.79 Å². The largest absolute Gasteiger partial charge is 0.481 e. The zero-order valence-electron chi connectivity index (χ0n) is 20.5. The molecule has 0 amide bonds. The average molecular weight is 454 g/mol. The molecular formula is C25H51N5O2. The first-order valence-corrected chi connectivity index (χ1v) is 12.9. The van der Waals surface area contributed by atoms with Gasteiger partial charge in [-0.1, -0.05) is 57.1 Å². The molecule has 0 unspecified atom stereocenters. The van der Waals surface area contributed by atoms with Gasteiger partial charge in [-0.15, -0.1) is 0 Å². The zero-order chi connectivity index (χ0) is 23.5. The lowest BCUT2D eigenvalue weighted by Gasteiger charge is -2.12. The topological polar surface area (TPSA) is 117 Å². The van der Waals surface area contributed by atoms with Gasteiger partial charge < -0.3 is 26.8 Å². The molecule has 188 valence electrons. The summed E-state index contributed by atoms with van der Waals surface area (Å²) >= 11 is 0. The molecule has 32 heavy (non-hydrogen) atoms. The Kier molecular flexibility index (Phi) is 24.7. The van der Waals surface area contributed by atoms with Crippen LogP contribution in [-0.4, -0.2) is 68.1 Å². The molecule has 0 radical (unpaired) electrons. The first-order valence-electron chi connectivity index (χ1n) is 12.9. The number of hydrogen-bond donors (Lipinski definition) is 4. The number of carboxylic acid groups (broad SMARTS) is 1. The maximum Gasteiger partial charge on any atom is 0.303 e. The van der Waals surface area contributed by atoms with Crippen LogP contribution in [0.25, 0.3) is 0 Å². The Morgan fingerprint density at radius 2 is 1.41 bits per heavy atom. The summed E-state index contributed by atoms with van der Waals surface area (Å²) in [6.45, 7) is 6.43. The highest BCUT2D eigenvalue weighted by molar-refractivity contribution is 5.66. The zero-order valence-corrected chi connectivity index (χ0v) is 20.5. The van der Waals surface area contributed by atoms with Gasteiger partial charge in [0.25, 0.3) is 0 Å². The van der Waals surface area contributed by atoms with Crippen LogP contribution >= 0.6 is 0 Å². The Morgan fingerprint density at radius 1 is 0.875 bits per heavy atom. The second-order valence-corrected chi connectivity index (χ2v) is 8.47. The van der Waals surface area contributed by atoms with Gasteiger partial charge in [0, 0.05) is 45.7 Å². The highest BCUT2D eigenvalue weighted by Crippen LogP contribution is 2.10. The molecule has 1 aliphatic rings. The molecule has 0 fully saturated rings. The highest BCUT2D eigenvalue weighted by atomic mass is 16.4. The van der Waals surface area contributed by atoms with E-state index in [1.807, 2.05) is 6.34 Å². The van der Waals surface area contributed by atoms with Gasteiger partial charge in [-0.05, 0) is 38.5 Å². The second kappa shape index (κ2) is 25.8. The number of hydrogen-bond acceptors (Lipinski definition) is 6. The van der Waals surface area contributed by atoms with Crippen LogP contribution in [0.5, 0.6) is 0 Å². The molecule has 0 aromatic heterocycles. The Morgan fingerprint density at radius 3 is 1.91 bits per heavy atom. The van der Waals surface area contributed by atoms with Gasteiger partial charge >= 0.3 is 5.97 Å². The van der Waals surface area contributed by atoms with E-state index in [2.05, 4.69) is 27.4 Å². The predicted molar refractivity (Wildman–Crippen MR) is 137 cm³/mol. The van der Waals surface area contributed by atoms with Crippen LogP contribution in [0.15, 0.2) is 17.1 Å². The molecule has 7 nitrogen and oxygen atoms in total. The van der Waals surface area contributed by atoms with Gasteiger partial charge in [-0.25, -0.2) is 0 Å². The van der Waals surface area contributed by atoms with Gasteiger partial charge in [0.1, 0.15) is 0 Å². The van der Waals surface area contributed by atoms with Crippen molar-refractivity contribution in [3.05, 3.63) is 12.2 Å². The number of aliphatic carboxylic acids is 1. The minimum absolute atomic E-state index is 0.327. The Balaban J connectivity index is 0.00000118. The molecule has 1 heterocycles. The normalized spacial score (nSPS) is 13.0. The van der Waals surface area contributed by atoms with Crippen LogP contribution in [0.4, 0.5) is 0 Å². The molecule has 0 saturated carbocycles. The number of nitrogens with one attached hydrogen (secondary N) is 1. The number of unbranched alkanes of at least 4 members (excludes halogenated alkanes) is 11. The molecule has 1 aliphatic heterocycles. The summed E-state index contributed by atoms with van der Waals surface area (Å²) in [5.41, 5.74) is 10.3. The van der Waals surface area contributed by atoms with Crippen molar-refractivity contribution < 1.29 is 9.90 Å². The lowest BCUT2D eigenvalue weighted by Crippen LogP contribution is -2.27. The Hall–Kier alpha value is -1.44. The third kappa shape index (κ3) is 24.8. The van der Waals surface area contributed by atoms with Crippen molar-refractivity contribution in [3.8, 4) is 0 Å². The van der Waals surface area contributed by atoms with Crippen molar-refractivity contribution in [1.29, 1.82) is 0 Å². The lowest BCUT2D eigenvalue weighted by atomic mass is 10.1. The van der Waals surface area contributed by atoms with Crippen molar-refractivity contribution in [2.45, 2.75) is 89.9 Å². The molecule has 0 spiro atoms. The fourth-order valence-corrected chi connectivity index (χ4v) is 3.50. The second-order valence-electron chi connectivity index (χ2n) is 8.47. The van der Waals surface area contributed by atoms with E-state index < -0.39 is 5.97 Å². The molecule has 0 aliphatic carbocycles. The van der Waals surface area contributed by atoms with E-state index in [9.17, 15) is 4.79 Å². The van der Waals surface area contributed by atoms with Crippen LogP contribution in [0.1, 0.15) is 89.9 Å². The standard InChI is InChI=1S/C21H38N2O2.C4H13N3/c24-21(25)16-14-12-10-8-6-4-2-1-3-5-7-9-11-13-15-18-23-19-17-22-20-23;5-1-3-7-4-2-6/h1-2,20H,3-19H2,(H,24,25);7H,1-6H2/b2-1-;. The van der Waals surface area contributed by atoms with E-state index >= 15 is 0 Å². The van der Waals surface area contributed by atoms with Crippen LogP contribution in [0.3, 0.4) is 0 Å². The quantitative estimate of drug-likeness (QED) is 0.155. The van der Waals surface area contributed by atoms with E-state index in [0.717, 1.165) is 39.0 Å². The number of aliphatic imine (C=N–C) groups is 1. The molecule has 0 aromatic rings. The van der Waals surface area contributed by atoms with Gasteiger partial charge in [0.05, 0.1) is 12.9 Å². The molecule has 0 saturated heterocycles. The maximum atomic E-state index is 10.4. The van der Waals surface area contributed by atoms with E-state index in [4.69, 9.17) is 16.6 Å². The molecule has 6 N–H and O–H groups in total. The minimum atomic E-state index is -0.667. The van der Waals surface area contributed by atoms with E-state index in [0.29, 0.717) is 19.5 Å². The number of nitrogens with two attached hydrogens (primary N) is 2. The first kappa shape index (κ1) is 30.6. The molecule has 0 aromatic carbocycles. The average Bonchev–Trinajstić information content (AvgIpc) is 3.30. The fraction of sp³-hybridized carbons (Fsp3) is 0.840. The molecule has 0 bridgehead atoms. The van der Waals surface area contributed by atoms with E-state index in [1.165, 1.54) is 77.2 Å². The summed E-state index contributed by atoms with van der Waals surface area (Å²) in [5.74, 6) is -0.667. The number of carboxylic acids is 1. The summed E-state index contributed by atoms with van der Waals surface area (Å²) in [5, 5.41) is 11.6. The third-order valence-electron chi connectivity index (χ3n) is 5.40. The van der Waals surface area contributed by atoms with Crippen LogP contribution in [0, 0.1) is 0 Å². The molecular weight excluding hydrogens is 402 g/mol. The lowest BCUT2D eigenvalue weighted by molar-refractivity contribution is -0.137. The minimum Gasteiger partial charge on any atom is -0.481 e. The van der Waals surface area contributed by atoms with Crippen molar-refractivity contribution >= 4 is 12.3 Å². The SMILES string of the molecule is NCCNCCN.O=C(O)CCCCCCC/C=C\CCCCCCCCN1C=NCC1. The van der Waals surface area contributed by atoms with Crippen molar-refractivity contribution in [1.82, 2.24) is 10.2 Å². The van der Waals surface area contributed by atoms with Crippen LogP contribution in [-0.2, 0) is 4.79 Å². The molecule has 7 heteroatoms. The van der Waals surface area contributed by atoms with Crippen molar-refractivity contribution in [2.75, 3.05) is 45.8 Å². The number of rotatable bonds is 21. The van der Waals surface area contributed by atoms with Gasteiger partial charge in [0.15, 0.2) is 0 Å². The number of nitrogens with zero attached hydrogens (tertiary/aromatic N) is 2. The first-order chi connectivity index (χ1) is 15.7. The van der Waals surface area contributed by atoms with Crippen LogP contribution in [0.2, 0.25) is 0 Å². The van der Waals surface area contributed by atoms with Crippen molar-refractivity contribution in [2.24, 2.45) is 16.5 Å². The number of allylic oxidation sites excluding steroid dienone is 2. The smallest absolute Gasteiger partial charge is 0.303 e. The highest BCUT2D eigenvalue weighted by Gasteiger charge is 2.03. The summed E-state index contributed by atoms with van der Waals surface area (Å²) in [4.78, 5) is 17.0. The maximum absolute atomic E-state index is 10.4. The Bertz CT molecular complexity index is 454. The van der Waals surface area contributed by atoms with Gasteiger partial charge in [0.2, 0.25) is 0 Å². The monoisotopic (exact) mass is 453 g/mol. The summed E-state index contributed by atoms with van der Waals surface area (Å²) in [7, 11) is 0. The van der Waals surface area contributed by atoms with Crippen molar-refractivity contribution in [3.63, 3.8) is 0 Å². The fourth-order valence-electron chi connectivity index (χ4n) is 3.50. The van der Waals surface area contributed by atoms with Gasteiger partial charge in [-0.2, -0.15) is 0 Å². The Labute approximate surface area is 197 Å². The molecule has 0 atom stereocenters. The summed E-state index contributed by atoms with van der Waals surface area (Å²) in [6, 6.07) is 0. The third-order valence-corrected chi connectivity index (χ3v) is 5.40. The molecule has 1 rings (SSSR count). The van der Waals surface area contributed by atoms with Crippen LogP contribution < -0.4 is 16.8 Å². The van der Waals surface area contributed by atoms with E-state index in [-0.39, 0.29) is 0 Å².